The number of benzene rings is 2. The molecule has 0 bridgehead atoms. The number of carbonyl (C=O) groups is 1. The summed E-state index contributed by atoms with van der Waals surface area (Å²) in [7, 11) is 0. The largest absolute Gasteiger partial charge is 0.490 e. The Kier molecular flexibility index (Phi) is 7.85. The zero-order chi connectivity index (χ0) is 20.4. The Morgan fingerprint density at radius 3 is 2.11 bits per heavy atom. The highest BCUT2D eigenvalue weighted by Crippen LogP contribution is 2.39. The minimum Gasteiger partial charge on any atom is -0.490 e. The second kappa shape index (κ2) is 10.6. The molecule has 0 aliphatic heterocycles. The van der Waals surface area contributed by atoms with Crippen LogP contribution in [0.2, 0.25) is 0 Å². The molecule has 7 nitrogen and oxygen atoms in total. The zero-order valence-electron chi connectivity index (χ0n) is 16.2. The number of hydrogen-bond acceptors (Lipinski definition) is 6. The summed E-state index contributed by atoms with van der Waals surface area (Å²) < 4.78 is 16.9. The molecule has 0 aliphatic rings. The van der Waals surface area contributed by atoms with Crippen molar-refractivity contribution in [2.24, 2.45) is 5.10 Å². The molecular formula is C21H23N3O4. The van der Waals surface area contributed by atoms with E-state index in [1.54, 1.807) is 36.4 Å². The lowest BCUT2D eigenvalue weighted by molar-refractivity contribution is 0.0954. The summed E-state index contributed by atoms with van der Waals surface area (Å²) >= 11 is 0. The van der Waals surface area contributed by atoms with E-state index >= 15 is 0 Å². The molecule has 0 unspecified atom stereocenters. The summed E-state index contributed by atoms with van der Waals surface area (Å²) in [5.41, 5.74) is 4.14. The van der Waals surface area contributed by atoms with E-state index in [1.165, 1.54) is 6.21 Å². The topological polar surface area (TPSA) is 92.9 Å². The Balaban J connectivity index is 2.20. The quantitative estimate of drug-likeness (QED) is 0.530. The molecule has 2 aromatic carbocycles. The molecule has 0 atom stereocenters. The van der Waals surface area contributed by atoms with Crippen molar-refractivity contribution in [1.29, 1.82) is 5.26 Å². The normalized spacial score (nSPS) is 10.4. The third-order valence-corrected chi connectivity index (χ3v) is 3.59. The molecule has 0 aromatic heterocycles. The van der Waals surface area contributed by atoms with Crippen LogP contribution in [0.3, 0.4) is 0 Å². The van der Waals surface area contributed by atoms with Gasteiger partial charge in [0, 0.05) is 5.56 Å². The maximum atomic E-state index is 12.5. The van der Waals surface area contributed by atoms with Crippen molar-refractivity contribution in [3.63, 3.8) is 0 Å². The number of nitrogens with zero attached hydrogens (tertiary/aromatic N) is 2. The van der Waals surface area contributed by atoms with Gasteiger partial charge in [-0.2, -0.15) is 10.4 Å². The highest BCUT2D eigenvalue weighted by molar-refractivity contribution is 5.96. The molecule has 7 heteroatoms. The summed E-state index contributed by atoms with van der Waals surface area (Å²) in [4.78, 5) is 12.5. The minimum atomic E-state index is -0.408. The molecule has 146 valence electrons. The van der Waals surface area contributed by atoms with Gasteiger partial charge in [0.05, 0.1) is 37.7 Å². The van der Waals surface area contributed by atoms with Crippen molar-refractivity contribution in [2.75, 3.05) is 19.8 Å². The maximum Gasteiger partial charge on any atom is 0.271 e. The summed E-state index contributed by atoms with van der Waals surface area (Å²) in [5, 5.41) is 12.8. The van der Waals surface area contributed by atoms with Crippen LogP contribution in [0, 0.1) is 11.3 Å². The molecule has 0 aliphatic carbocycles. The van der Waals surface area contributed by atoms with E-state index in [0.717, 1.165) is 5.56 Å². The average Bonchev–Trinajstić information content (AvgIpc) is 2.71. The van der Waals surface area contributed by atoms with Crippen LogP contribution in [0.1, 0.15) is 42.3 Å². The lowest BCUT2D eigenvalue weighted by atomic mass is 10.1. The Bertz CT molecular complexity index is 843. The first-order valence-electron chi connectivity index (χ1n) is 9.02. The van der Waals surface area contributed by atoms with Crippen LogP contribution in [0.15, 0.2) is 41.5 Å². The Morgan fingerprint density at radius 1 is 1.04 bits per heavy atom. The number of hydrazone groups is 1. The standard InChI is InChI=1S/C21H23N3O4/c1-4-26-18-11-17(12-19(27-5-2)20(18)28-6-3)21(25)24-23-14-16-9-7-15(13-22)8-10-16/h7-12,14H,4-6H2,1-3H3,(H,24,25). The highest BCUT2D eigenvalue weighted by atomic mass is 16.5. The molecular weight excluding hydrogens is 358 g/mol. The first-order valence-corrected chi connectivity index (χ1v) is 9.02. The van der Waals surface area contributed by atoms with Crippen LogP contribution in [0.5, 0.6) is 17.2 Å². The van der Waals surface area contributed by atoms with Gasteiger partial charge in [-0.1, -0.05) is 12.1 Å². The fourth-order valence-electron chi connectivity index (χ4n) is 2.39. The monoisotopic (exact) mass is 381 g/mol. The summed E-state index contributed by atoms with van der Waals surface area (Å²) in [6, 6.07) is 12.1. The molecule has 0 radical (unpaired) electrons. The number of ether oxygens (including phenoxy) is 3. The number of carbonyl (C=O) groups excluding carboxylic acids is 1. The highest BCUT2D eigenvalue weighted by Gasteiger charge is 2.18. The van der Waals surface area contributed by atoms with Crippen LogP contribution in [-0.2, 0) is 0 Å². The Labute approximate surface area is 164 Å². The van der Waals surface area contributed by atoms with Gasteiger partial charge in [0.2, 0.25) is 5.75 Å². The van der Waals surface area contributed by atoms with Gasteiger partial charge in [-0.3, -0.25) is 4.79 Å². The van der Waals surface area contributed by atoms with Crippen LogP contribution in [0.4, 0.5) is 0 Å². The second-order valence-electron chi connectivity index (χ2n) is 5.53. The molecule has 28 heavy (non-hydrogen) atoms. The van der Waals surface area contributed by atoms with Crippen molar-refractivity contribution < 1.29 is 19.0 Å². The molecule has 2 rings (SSSR count). The van der Waals surface area contributed by atoms with Crippen LogP contribution in [-0.4, -0.2) is 31.9 Å². The van der Waals surface area contributed by atoms with Crippen molar-refractivity contribution in [3.05, 3.63) is 53.1 Å². The molecule has 0 saturated carbocycles. The van der Waals surface area contributed by atoms with Gasteiger partial charge in [-0.05, 0) is 50.6 Å². The molecule has 0 fully saturated rings. The fourth-order valence-corrected chi connectivity index (χ4v) is 2.39. The predicted molar refractivity (Wildman–Crippen MR) is 106 cm³/mol. The first-order chi connectivity index (χ1) is 13.6. The van der Waals surface area contributed by atoms with Gasteiger partial charge in [0.15, 0.2) is 11.5 Å². The third kappa shape index (κ3) is 5.48. The number of rotatable bonds is 9. The third-order valence-electron chi connectivity index (χ3n) is 3.59. The molecule has 1 amide bonds. The molecule has 0 spiro atoms. The Hall–Kier alpha value is -3.53. The lowest BCUT2D eigenvalue weighted by Crippen LogP contribution is -2.18. The number of nitriles is 1. The van der Waals surface area contributed by atoms with Gasteiger partial charge in [0.25, 0.3) is 5.91 Å². The summed E-state index contributed by atoms with van der Waals surface area (Å²) in [6.07, 6.45) is 1.50. The SMILES string of the molecule is CCOc1cc(C(=O)NN=Cc2ccc(C#N)cc2)cc(OCC)c1OCC. The second-order valence-corrected chi connectivity index (χ2v) is 5.53. The Morgan fingerprint density at radius 2 is 1.61 bits per heavy atom. The lowest BCUT2D eigenvalue weighted by Gasteiger charge is -2.16. The molecule has 0 saturated heterocycles. The van der Waals surface area contributed by atoms with Crippen molar-refractivity contribution in [3.8, 4) is 23.3 Å². The number of hydrogen-bond donors (Lipinski definition) is 1. The van der Waals surface area contributed by atoms with Crippen molar-refractivity contribution >= 4 is 12.1 Å². The number of amides is 1. The van der Waals surface area contributed by atoms with Gasteiger partial charge >= 0.3 is 0 Å². The van der Waals surface area contributed by atoms with Crippen molar-refractivity contribution in [1.82, 2.24) is 5.43 Å². The zero-order valence-corrected chi connectivity index (χ0v) is 16.2. The molecule has 1 N–H and O–H groups in total. The van der Waals surface area contributed by atoms with E-state index in [0.29, 0.717) is 48.2 Å². The van der Waals surface area contributed by atoms with Crippen LogP contribution >= 0.6 is 0 Å². The molecule has 2 aromatic rings. The van der Waals surface area contributed by atoms with E-state index < -0.39 is 5.91 Å². The van der Waals surface area contributed by atoms with E-state index in [9.17, 15) is 4.79 Å². The first kappa shape index (κ1) is 20.8. The van der Waals surface area contributed by atoms with Crippen molar-refractivity contribution in [2.45, 2.75) is 20.8 Å². The van der Waals surface area contributed by atoms with Gasteiger partial charge in [-0.25, -0.2) is 5.43 Å². The van der Waals surface area contributed by atoms with E-state index in [1.807, 2.05) is 26.8 Å². The minimum absolute atomic E-state index is 0.340. The summed E-state index contributed by atoms with van der Waals surface area (Å²) in [6.45, 7) is 6.86. The van der Waals surface area contributed by atoms with Gasteiger partial charge in [0.1, 0.15) is 0 Å². The predicted octanol–water partition coefficient (Wildman–Crippen LogP) is 3.52. The maximum absolute atomic E-state index is 12.5. The number of nitrogens with one attached hydrogen (secondary N) is 1. The average molecular weight is 381 g/mol. The van der Waals surface area contributed by atoms with E-state index in [2.05, 4.69) is 10.5 Å². The summed E-state index contributed by atoms with van der Waals surface area (Å²) in [5.74, 6) is 0.951. The fraction of sp³-hybridized carbons (Fsp3) is 0.286. The smallest absolute Gasteiger partial charge is 0.271 e. The van der Waals surface area contributed by atoms with Gasteiger partial charge in [-0.15, -0.1) is 0 Å². The molecule has 0 heterocycles. The van der Waals surface area contributed by atoms with E-state index in [4.69, 9.17) is 19.5 Å². The van der Waals surface area contributed by atoms with E-state index in [-0.39, 0.29) is 0 Å². The van der Waals surface area contributed by atoms with Crippen LogP contribution < -0.4 is 19.6 Å². The van der Waals surface area contributed by atoms with Crippen LogP contribution in [0.25, 0.3) is 0 Å². The van der Waals surface area contributed by atoms with Gasteiger partial charge < -0.3 is 14.2 Å².